The van der Waals surface area contributed by atoms with E-state index in [4.69, 9.17) is 0 Å². The summed E-state index contributed by atoms with van der Waals surface area (Å²) < 4.78 is 0. The first-order valence-electron chi connectivity index (χ1n) is 9.42. The molecule has 2 aromatic rings. The van der Waals surface area contributed by atoms with Gasteiger partial charge in [0.25, 0.3) is 5.91 Å². The molecule has 2 heterocycles. The molecule has 5 nitrogen and oxygen atoms in total. The van der Waals surface area contributed by atoms with Crippen LogP contribution in [0.1, 0.15) is 62.5 Å². The van der Waals surface area contributed by atoms with Crippen LogP contribution in [0.25, 0.3) is 0 Å². The zero-order valence-corrected chi connectivity index (χ0v) is 16.0. The second-order valence-corrected chi connectivity index (χ2v) is 7.95. The Hall–Kier alpha value is -2.43. The first kappa shape index (κ1) is 18.4. The summed E-state index contributed by atoms with van der Waals surface area (Å²) in [4.78, 5) is 23.1. The minimum atomic E-state index is 0.000399. The number of benzene rings is 1. The fraction of sp³-hybridized carbons (Fsp3) is 0.476. The second-order valence-electron chi connectivity index (χ2n) is 7.95. The van der Waals surface area contributed by atoms with Gasteiger partial charge < -0.3 is 10.2 Å². The molecule has 1 aliphatic heterocycles. The third kappa shape index (κ3) is 4.59. The Morgan fingerprint density at radius 1 is 1.00 bits per heavy atom. The van der Waals surface area contributed by atoms with Gasteiger partial charge in [0.15, 0.2) is 0 Å². The molecule has 3 rings (SSSR count). The number of anilines is 2. The Kier molecular flexibility index (Phi) is 5.55. The molecule has 0 aliphatic carbocycles. The average Bonchev–Trinajstić information content (AvgIpc) is 2.90. The lowest BCUT2D eigenvalue weighted by atomic mass is 9.87. The molecule has 5 heteroatoms. The van der Waals surface area contributed by atoms with Crippen molar-refractivity contribution in [1.82, 2.24) is 14.9 Å². The SMILES string of the molecule is CC(C)(C)c1ccc(Nc2cc(C(=O)N3CCCCCC3)ncn2)cc1. The summed E-state index contributed by atoms with van der Waals surface area (Å²) in [6.07, 6.45) is 6.00. The maximum Gasteiger partial charge on any atom is 0.272 e. The fourth-order valence-corrected chi connectivity index (χ4v) is 3.18. The number of nitrogens with zero attached hydrogens (tertiary/aromatic N) is 3. The largest absolute Gasteiger partial charge is 0.340 e. The predicted molar refractivity (Wildman–Crippen MR) is 105 cm³/mol. The highest BCUT2D eigenvalue weighted by Gasteiger charge is 2.19. The van der Waals surface area contributed by atoms with E-state index in [1.54, 1.807) is 6.07 Å². The van der Waals surface area contributed by atoms with E-state index in [9.17, 15) is 4.79 Å². The maximum absolute atomic E-state index is 12.7. The third-order valence-electron chi connectivity index (χ3n) is 4.80. The highest BCUT2D eigenvalue weighted by atomic mass is 16.2. The lowest BCUT2D eigenvalue weighted by Crippen LogP contribution is -2.32. The molecule has 1 saturated heterocycles. The van der Waals surface area contributed by atoms with Gasteiger partial charge in [0.2, 0.25) is 0 Å². The summed E-state index contributed by atoms with van der Waals surface area (Å²) >= 11 is 0. The van der Waals surface area contributed by atoms with Crippen molar-refractivity contribution in [3.63, 3.8) is 0 Å². The molecule has 0 radical (unpaired) electrons. The fourth-order valence-electron chi connectivity index (χ4n) is 3.18. The summed E-state index contributed by atoms with van der Waals surface area (Å²) in [5.41, 5.74) is 2.81. The number of hydrogen-bond donors (Lipinski definition) is 1. The van der Waals surface area contributed by atoms with E-state index in [-0.39, 0.29) is 11.3 Å². The van der Waals surface area contributed by atoms with Crippen molar-refractivity contribution >= 4 is 17.4 Å². The zero-order valence-electron chi connectivity index (χ0n) is 16.0. The van der Waals surface area contributed by atoms with Gasteiger partial charge in [-0.3, -0.25) is 4.79 Å². The van der Waals surface area contributed by atoms with Crippen LogP contribution in [0.5, 0.6) is 0 Å². The molecule has 1 aliphatic rings. The Morgan fingerprint density at radius 2 is 1.65 bits per heavy atom. The van der Waals surface area contributed by atoms with Gasteiger partial charge in [-0.1, -0.05) is 45.7 Å². The molecule has 0 unspecified atom stereocenters. The summed E-state index contributed by atoms with van der Waals surface area (Å²) in [5.74, 6) is 0.641. The smallest absolute Gasteiger partial charge is 0.272 e. The van der Waals surface area contributed by atoms with Gasteiger partial charge in [0, 0.05) is 24.8 Å². The first-order valence-corrected chi connectivity index (χ1v) is 9.42. The van der Waals surface area contributed by atoms with Crippen LogP contribution in [0.2, 0.25) is 0 Å². The Labute approximate surface area is 155 Å². The van der Waals surface area contributed by atoms with Crippen molar-refractivity contribution in [2.75, 3.05) is 18.4 Å². The van der Waals surface area contributed by atoms with Crippen LogP contribution in [0.4, 0.5) is 11.5 Å². The number of rotatable bonds is 3. The molecule has 1 fully saturated rings. The quantitative estimate of drug-likeness (QED) is 0.881. The minimum absolute atomic E-state index is 0.000399. The number of carbonyl (C=O) groups excluding carboxylic acids is 1. The molecule has 0 atom stereocenters. The van der Waals surface area contributed by atoms with Crippen LogP contribution in [-0.4, -0.2) is 33.9 Å². The molecule has 0 spiro atoms. The number of carbonyl (C=O) groups is 1. The molecule has 1 N–H and O–H groups in total. The van der Waals surface area contributed by atoms with E-state index in [2.05, 4.69) is 48.2 Å². The average molecular weight is 352 g/mol. The van der Waals surface area contributed by atoms with Crippen LogP contribution in [0, 0.1) is 0 Å². The number of aromatic nitrogens is 2. The molecule has 1 aromatic carbocycles. The van der Waals surface area contributed by atoms with Gasteiger partial charge in [-0.15, -0.1) is 0 Å². The van der Waals surface area contributed by atoms with Crippen LogP contribution >= 0.6 is 0 Å². The third-order valence-corrected chi connectivity index (χ3v) is 4.80. The predicted octanol–water partition coefficient (Wildman–Crippen LogP) is 4.53. The molecule has 1 amide bonds. The van der Waals surface area contributed by atoms with Crippen LogP contribution < -0.4 is 5.32 Å². The number of nitrogens with one attached hydrogen (secondary N) is 1. The summed E-state index contributed by atoms with van der Waals surface area (Å²) in [7, 11) is 0. The van der Waals surface area contributed by atoms with Gasteiger partial charge in [-0.05, 0) is 36.0 Å². The van der Waals surface area contributed by atoms with E-state index in [1.807, 2.05) is 17.0 Å². The van der Waals surface area contributed by atoms with E-state index >= 15 is 0 Å². The lowest BCUT2D eigenvalue weighted by molar-refractivity contribution is 0.0755. The maximum atomic E-state index is 12.7. The van der Waals surface area contributed by atoms with Crippen LogP contribution in [0.3, 0.4) is 0 Å². The van der Waals surface area contributed by atoms with Crippen molar-refractivity contribution in [3.05, 3.63) is 47.9 Å². The zero-order chi connectivity index (χ0) is 18.6. The monoisotopic (exact) mass is 352 g/mol. The molecular weight excluding hydrogens is 324 g/mol. The van der Waals surface area contributed by atoms with Crippen LogP contribution in [-0.2, 0) is 5.41 Å². The molecule has 0 bridgehead atoms. The van der Waals surface area contributed by atoms with E-state index in [1.165, 1.54) is 24.7 Å². The van der Waals surface area contributed by atoms with Gasteiger partial charge in [0.05, 0.1) is 0 Å². The highest BCUT2D eigenvalue weighted by Crippen LogP contribution is 2.24. The standard InChI is InChI=1S/C21H28N4O/c1-21(2,3)16-8-10-17(11-9-16)24-19-14-18(22-15-23-19)20(26)25-12-6-4-5-7-13-25/h8-11,14-15H,4-7,12-13H2,1-3H3,(H,22,23,24). The summed E-state index contributed by atoms with van der Waals surface area (Å²) in [6, 6.07) is 10.1. The van der Waals surface area contributed by atoms with Crippen LogP contribution in [0.15, 0.2) is 36.7 Å². The van der Waals surface area contributed by atoms with Crippen molar-refractivity contribution in [1.29, 1.82) is 0 Å². The number of amides is 1. The van der Waals surface area contributed by atoms with Gasteiger partial charge in [-0.25, -0.2) is 9.97 Å². The molecular formula is C21H28N4O. The van der Waals surface area contributed by atoms with E-state index in [0.29, 0.717) is 11.5 Å². The second kappa shape index (κ2) is 7.85. The van der Waals surface area contributed by atoms with E-state index < -0.39 is 0 Å². The van der Waals surface area contributed by atoms with Gasteiger partial charge in [0.1, 0.15) is 17.8 Å². The first-order chi connectivity index (χ1) is 12.4. The Bertz CT molecular complexity index is 741. The van der Waals surface area contributed by atoms with E-state index in [0.717, 1.165) is 31.6 Å². The molecule has 26 heavy (non-hydrogen) atoms. The van der Waals surface area contributed by atoms with Crippen molar-refractivity contribution in [2.24, 2.45) is 0 Å². The van der Waals surface area contributed by atoms with Crippen molar-refractivity contribution in [3.8, 4) is 0 Å². The summed E-state index contributed by atoms with van der Waals surface area (Å²) in [5, 5.41) is 3.27. The van der Waals surface area contributed by atoms with Gasteiger partial charge >= 0.3 is 0 Å². The van der Waals surface area contributed by atoms with Gasteiger partial charge in [-0.2, -0.15) is 0 Å². The normalized spacial score (nSPS) is 15.4. The highest BCUT2D eigenvalue weighted by molar-refractivity contribution is 5.93. The summed E-state index contributed by atoms with van der Waals surface area (Å²) in [6.45, 7) is 8.22. The van der Waals surface area contributed by atoms with Crippen molar-refractivity contribution < 1.29 is 4.79 Å². The number of hydrogen-bond acceptors (Lipinski definition) is 4. The minimum Gasteiger partial charge on any atom is -0.340 e. The molecule has 1 aromatic heterocycles. The Morgan fingerprint density at radius 3 is 2.27 bits per heavy atom. The topological polar surface area (TPSA) is 58.1 Å². The molecule has 0 saturated carbocycles. The Balaban J connectivity index is 1.71. The number of likely N-dealkylation sites (tertiary alicyclic amines) is 1. The molecule has 138 valence electrons. The van der Waals surface area contributed by atoms with Crippen molar-refractivity contribution in [2.45, 2.75) is 51.9 Å². The lowest BCUT2D eigenvalue weighted by Gasteiger charge is -2.20.